The van der Waals surface area contributed by atoms with E-state index < -0.39 is 11.7 Å². The van der Waals surface area contributed by atoms with Crippen LogP contribution in [0.3, 0.4) is 0 Å². The summed E-state index contributed by atoms with van der Waals surface area (Å²) in [6.45, 7) is 3.61. The molecule has 1 aromatic heterocycles. The molecule has 1 atom stereocenters. The van der Waals surface area contributed by atoms with Crippen molar-refractivity contribution in [2.45, 2.75) is 32.1 Å². The molecule has 18 heavy (non-hydrogen) atoms. The highest BCUT2D eigenvalue weighted by Gasteiger charge is 2.20. The Morgan fingerprint density at radius 2 is 1.94 bits per heavy atom. The van der Waals surface area contributed by atoms with Crippen LogP contribution < -0.4 is 0 Å². The van der Waals surface area contributed by atoms with Crippen molar-refractivity contribution >= 4 is 0 Å². The van der Waals surface area contributed by atoms with Crippen molar-refractivity contribution in [3.63, 3.8) is 0 Å². The third-order valence-corrected chi connectivity index (χ3v) is 2.71. The fraction of sp³-hybridized carbons (Fsp3) is 0.385. The quantitative estimate of drug-likeness (QED) is 0.852. The fourth-order valence-corrected chi connectivity index (χ4v) is 1.63. The maximum absolute atomic E-state index is 10.0. The average molecular weight is 247 g/mol. The molecule has 0 unspecified atom stereocenters. The van der Waals surface area contributed by atoms with Gasteiger partial charge in [0.05, 0.1) is 18.8 Å². The molecule has 0 saturated heterocycles. The molecule has 2 N–H and O–H groups in total. The lowest BCUT2D eigenvalue weighted by Gasteiger charge is -2.12. The Morgan fingerprint density at radius 3 is 2.50 bits per heavy atom. The molecule has 0 fully saturated rings. The third kappa shape index (κ3) is 2.94. The van der Waals surface area contributed by atoms with Crippen molar-refractivity contribution in [1.82, 2.24) is 15.0 Å². The van der Waals surface area contributed by atoms with Crippen LogP contribution in [-0.2, 0) is 12.1 Å². The van der Waals surface area contributed by atoms with Gasteiger partial charge in [-0.1, -0.05) is 35.5 Å². The van der Waals surface area contributed by atoms with Gasteiger partial charge in [-0.25, -0.2) is 4.68 Å². The van der Waals surface area contributed by atoms with Gasteiger partial charge in [0.25, 0.3) is 0 Å². The first-order chi connectivity index (χ1) is 8.47. The first-order valence-electron chi connectivity index (χ1n) is 5.83. The molecule has 0 bridgehead atoms. The minimum absolute atomic E-state index is 0.313. The van der Waals surface area contributed by atoms with E-state index in [1.807, 2.05) is 30.3 Å². The lowest BCUT2D eigenvalue weighted by atomic mass is 10.1. The van der Waals surface area contributed by atoms with E-state index in [1.165, 1.54) is 4.68 Å². The number of hydrogen-bond donors (Lipinski definition) is 2. The normalized spacial score (nSPS) is 13.6. The van der Waals surface area contributed by atoms with Gasteiger partial charge in [-0.3, -0.25) is 0 Å². The van der Waals surface area contributed by atoms with Crippen LogP contribution in [0.5, 0.6) is 0 Å². The van der Waals surface area contributed by atoms with Crippen molar-refractivity contribution in [1.29, 1.82) is 0 Å². The summed E-state index contributed by atoms with van der Waals surface area (Å²) >= 11 is 0. The van der Waals surface area contributed by atoms with Crippen LogP contribution in [0.1, 0.15) is 31.2 Å². The van der Waals surface area contributed by atoms with Crippen molar-refractivity contribution in [2.24, 2.45) is 0 Å². The van der Waals surface area contributed by atoms with Crippen molar-refractivity contribution in [2.75, 3.05) is 0 Å². The van der Waals surface area contributed by atoms with Crippen LogP contribution in [0.2, 0.25) is 0 Å². The maximum Gasteiger partial charge on any atom is 0.114 e. The molecule has 0 aliphatic rings. The molecule has 5 heteroatoms. The zero-order valence-corrected chi connectivity index (χ0v) is 10.5. The maximum atomic E-state index is 10.0. The molecule has 0 aliphatic carbocycles. The monoisotopic (exact) mass is 247 g/mol. The van der Waals surface area contributed by atoms with Gasteiger partial charge in [0.1, 0.15) is 11.3 Å². The molecular weight excluding hydrogens is 230 g/mol. The Morgan fingerprint density at radius 1 is 1.28 bits per heavy atom. The minimum atomic E-state index is -1.02. The number of rotatable bonds is 4. The third-order valence-electron chi connectivity index (χ3n) is 2.71. The summed E-state index contributed by atoms with van der Waals surface area (Å²) in [7, 11) is 0. The highest BCUT2D eigenvalue weighted by Crippen LogP contribution is 2.18. The molecule has 5 nitrogen and oxygen atoms in total. The fourth-order valence-electron chi connectivity index (χ4n) is 1.63. The van der Waals surface area contributed by atoms with Gasteiger partial charge in [-0.15, -0.1) is 5.10 Å². The van der Waals surface area contributed by atoms with E-state index in [0.29, 0.717) is 12.2 Å². The lowest BCUT2D eigenvalue weighted by Crippen LogP contribution is -2.16. The first kappa shape index (κ1) is 12.7. The largest absolute Gasteiger partial charge is 0.386 e. The van der Waals surface area contributed by atoms with Crippen molar-refractivity contribution < 1.29 is 10.2 Å². The van der Waals surface area contributed by atoms with Gasteiger partial charge in [0.2, 0.25) is 0 Å². The molecule has 2 rings (SSSR count). The van der Waals surface area contributed by atoms with Gasteiger partial charge in [-0.05, 0) is 19.4 Å². The molecule has 0 spiro atoms. The Labute approximate surface area is 106 Å². The molecule has 1 heterocycles. The summed E-state index contributed by atoms with van der Waals surface area (Å²) in [5, 5.41) is 27.6. The van der Waals surface area contributed by atoms with Crippen LogP contribution in [0.25, 0.3) is 0 Å². The van der Waals surface area contributed by atoms with Gasteiger partial charge in [-0.2, -0.15) is 0 Å². The van der Waals surface area contributed by atoms with E-state index >= 15 is 0 Å². The summed E-state index contributed by atoms with van der Waals surface area (Å²) in [4.78, 5) is 0. The second-order valence-corrected chi connectivity index (χ2v) is 4.81. The van der Waals surface area contributed by atoms with Gasteiger partial charge in [0.15, 0.2) is 0 Å². The van der Waals surface area contributed by atoms with E-state index in [-0.39, 0.29) is 0 Å². The second kappa shape index (κ2) is 4.88. The lowest BCUT2D eigenvalue weighted by molar-refractivity contribution is 0.0736. The molecule has 0 aliphatic heterocycles. The number of aliphatic hydroxyl groups is 2. The number of aliphatic hydroxyl groups excluding tert-OH is 1. The molecular formula is C13H17N3O2. The molecule has 1 aromatic carbocycles. The van der Waals surface area contributed by atoms with Gasteiger partial charge >= 0.3 is 0 Å². The van der Waals surface area contributed by atoms with Crippen LogP contribution in [0.15, 0.2) is 36.5 Å². The molecule has 0 amide bonds. The average Bonchev–Trinajstić information content (AvgIpc) is 2.78. The van der Waals surface area contributed by atoms with Crippen molar-refractivity contribution in [3.05, 3.63) is 47.8 Å². The molecule has 2 aromatic rings. The zero-order valence-electron chi connectivity index (χ0n) is 10.5. The Hall–Kier alpha value is -1.72. The standard InChI is InChI=1S/C13H17N3O2/c1-13(2,18)12-9-16(15-14-12)8-11(17)10-6-4-3-5-7-10/h3-7,9,11,17-18H,8H2,1-2H3/t11-/m0/s1. The van der Waals surface area contributed by atoms with Gasteiger partial charge < -0.3 is 10.2 Å². The van der Waals surface area contributed by atoms with Gasteiger partial charge in [0, 0.05) is 0 Å². The SMILES string of the molecule is CC(C)(O)c1cn(C[C@H](O)c2ccccc2)nn1. The Balaban J connectivity index is 2.08. The second-order valence-electron chi connectivity index (χ2n) is 4.81. The van der Waals surface area contributed by atoms with Crippen LogP contribution in [0, 0.1) is 0 Å². The smallest absolute Gasteiger partial charge is 0.114 e. The zero-order chi connectivity index (χ0) is 13.2. The number of benzene rings is 1. The van der Waals surface area contributed by atoms with Crippen LogP contribution in [-0.4, -0.2) is 25.2 Å². The minimum Gasteiger partial charge on any atom is -0.386 e. The summed E-state index contributed by atoms with van der Waals surface area (Å²) in [5.41, 5.74) is 0.302. The van der Waals surface area contributed by atoms with E-state index in [0.717, 1.165) is 5.56 Å². The molecule has 96 valence electrons. The van der Waals surface area contributed by atoms with Crippen molar-refractivity contribution in [3.8, 4) is 0 Å². The van der Waals surface area contributed by atoms with E-state index in [2.05, 4.69) is 10.3 Å². The number of nitrogens with zero attached hydrogens (tertiary/aromatic N) is 3. The Kier molecular flexibility index (Phi) is 3.45. The summed E-state index contributed by atoms with van der Waals surface area (Å²) in [6.07, 6.45) is 1.01. The topological polar surface area (TPSA) is 71.2 Å². The summed E-state index contributed by atoms with van der Waals surface area (Å²) in [6, 6.07) is 9.37. The highest BCUT2D eigenvalue weighted by atomic mass is 16.3. The predicted molar refractivity (Wildman–Crippen MR) is 66.7 cm³/mol. The predicted octanol–water partition coefficient (Wildman–Crippen LogP) is 1.24. The van der Waals surface area contributed by atoms with E-state index in [4.69, 9.17) is 0 Å². The summed E-state index contributed by atoms with van der Waals surface area (Å²) in [5.74, 6) is 0. The van der Waals surface area contributed by atoms with E-state index in [9.17, 15) is 10.2 Å². The van der Waals surface area contributed by atoms with E-state index in [1.54, 1.807) is 20.0 Å². The van der Waals surface area contributed by atoms with Crippen LogP contribution in [0.4, 0.5) is 0 Å². The number of aromatic nitrogens is 3. The number of hydrogen-bond acceptors (Lipinski definition) is 4. The first-order valence-corrected chi connectivity index (χ1v) is 5.83. The summed E-state index contributed by atoms with van der Waals surface area (Å²) < 4.78 is 1.53. The molecule has 0 radical (unpaired) electrons. The van der Waals surface area contributed by atoms with Crippen LogP contribution >= 0.6 is 0 Å². The highest BCUT2D eigenvalue weighted by molar-refractivity contribution is 5.17. The molecule has 0 saturated carbocycles. The Bertz CT molecular complexity index is 502.